The molecule has 142 valence electrons. The second-order valence-electron chi connectivity index (χ2n) is 6.58. The number of Topliss-reactive ketones (excluding diaryl/α,β-unsaturated/α-hetero) is 1. The molecule has 5 nitrogen and oxygen atoms in total. The zero-order valence-electron chi connectivity index (χ0n) is 15.0. The third kappa shape index (κ3) is 2.62. The van der Waals surface area contributed by atoms with E-state index in [1.165, 1.54) is 19.2 Å². The largest absolute Gasteiger partial charge is 0.505 e. The first-order chi connectivity index (χ1) is 13.3. The average Bonchev–Trinajstić information content (AvgIpc) is 2.96. The quantitative estimate of drug-likeness (QED) is 0.708. The summed E-state index contributed by atoms with van der Waals surface area (Å²) in [5.41, 5.74) is 3.77. The van der Waals surface area contributed by atoms with E-state index in [2.05, 4.69) is 5.32 Å². The Morgan fingerprint density at radius 1 is 1.14 bits per heavy atom. The lowest BCUT2D eigenvalue weighted by atomic mass is 9.80. The summed E-state index contributed by atoms with van der Waals surface area (Å²) in [6.45, 7) is 1.75. The summed E-state index contributed by atoms with van der Waals surface area (Å²) < 4.78 is 4.97. The monoisotopic (exact) mass is 415 g/mol. The number of fused-ring (bicyclic) bond motifs is 2. The Kier molecular flexibility index (Phi) is 4.44. The van der Waals surface area contributed by atoms with Gasteiger partial charge in [0.2, 0.25) is 0 Å². The lowest BCUT2D eigenvalue weighted by Crippen LogP contribution is -2.29. The van der Waals surface area contributed by atoms with Gasteiger partial charge >= 0.3 is 5.97 Å². The van der Waals surface area contributed by atoms with Gasteiger partial charge in [-0.1, -0.05) is 47.5 Å². The van der Waals surface area contributed by atoms with Crippen LogP contribution in [-0.2, 0) is 9.53 Å². The molecule has 0 aromatic heterocycles. The van der Waals surface area contributed by atoms with E-state index < -0.39 is 11.9 Å². The predicted octanol–water partition coefficient (Wildman–Crippen LogP) is 4.44. The molecule has 0 saturated carbocycles. The Balaban J connectivity index is 1.99. The van der Waals surface area contributed by atoms with Crippen molar-refractivity contribution in [3.63, 3.8) is 0 Å². The number of carbonyl (C=O) groups excluding carboxylic acids is 2. The van der Waals surface area contributed by atoms with Crippen molar-refractivity contribution in [2.24, 2.45) is 0 Å². The van der Waals surface area contributed by atoms with Crippen LogP contribution in [0.3, 0.4) is 0 Å². The second kappa shape index (κ2) is 6.69. The third-order valence-electron chi connectivity index (χ3n) is 5.03. The topological polar surface area (TPSA) is 75.6 Å². The minimum absolute atomic E-state index is 0.0352. The molecule has 0 radical (unpaired) electrons. The third-order valence-corrected chi connectivity index (χ3v) is 5.60. The highest BCUT2D eigenvalue weighted by Crippen LogP contribution is 2.48. The van der Waals surface area contributed by atoms with Gasteiger partial charge in [-0.15, -0.1) is 0 Å². The van der Waals surface area contributed by atoms with E-state index in [0.717, 1.165) is 5.56 Å². The molecular weight excluding hydrogens is 401 g/mol. The molecule has 1 aliphatic heterocycles. The molecule has 28 heavy (non-hydrogen) atoms. The molecule has 7 heteroatoms. The van der Waals surface area contributed by atoms with E-state index in [1.54, 1.807) is 19.1 Å². The zero-order valence-corrected chi connectivity index (χ0v) is 16.5. The average molecular weight is 416 g/mol. The van der Waals surface area contributed by atoms with Crippen molar-refractivity contribution in [2.75, 3.05) is 7.11 Å². The maximum atomic E-state index is 13.2. The summed E-state index contributed by atoms with van der Waals surface area (Å²) in [5, 5.41) is 13.2. The highest BCUT2D eigenvalue weighted by Gasteiger charge is 2.43. The summed E-state index contributed by atoms with van der Waals surface area (Å²) in [7, 11) is 1.28. The lowest BCUT2D eigenvalue weighted by Gasteiger charge is -2.29. The second-order valence-corrected chi connectivity index (χ2v) is 7.40. The Morgan fingerprint density at radius 3 is 2.36 bits per heavy atom. The molecule has 0 unspecified atom stereocenters. The molecule has 2 aromatic rings. The molecule has 2 aliphatic rings. The standard InChI is InChI=1S/C21H15Cl2NO4/c1-9-15(21(27)28-2)16(10-7-13(22)20(26)14(23)8-10)17-18(24-9)11-5-3-4-6-12(11)19(17)25/h3-8,16,24,26H,1-2H3/t16-/m1/s1. The summed E-state index contributed by atoms with van der Waals surface area (Å²) in [4.78, 5) is 25.8. The highest BCUT2D eigenvalue weighted by atomic mass is 35.5. The Bertz CT molecular complexity index is 1090. The molecular formula is C21H15Cl2NO4. The van der Waals surface area contributed by atoms with Crippen molar-refractivity contribution in [1.82, 2.24) is 5.32 Å². The van der Waals surface area contributed by atoms with Crippen LogP contribution in [0.4, 0.5) is 0 Å². The number of ketones is 1. The van der Waals surface area contributed by atoms with E-state index >= 15 is 0 Å². The summed E-state index contributed by atoms with van der Waals surface area (Å²) in [6, 6.07) is 10.3. The van der Waals surface area contributed by atoms with Gasteiger partial charge in [0.05, 0.1) is 28.4 Å². The van der Waals surface area contributed by atoms with Gasteiger partial charge in [0.25, 0.3) is 0 Å². The van der Waals surface area contributed by atoms with Gasteiger partial charge in [0, 0.05) is 28.3 Å². The molecule has 2 aromatic carbocycles. The number of phenols is 1. The summed E-state index contributed by atoms with van der Waals surface area (Å²) >= 11 is 12.2. The van der Waals surface area contributed by atoms with Crippen LogP contribution in [0.1, 0.15) is 34.3 Å². The molecule has 1 aliphatic carbocycles. The minimum Gasteiger partial charge on any atom is -0.505 e. The smallest absolute Gasteiger partial charge is 0.336 e. The van der Waals surface area contributed by atoms with Crippen LogP contribution in [-0.4, -0.2) is 24.0 Å². The van der Waals surface area contributed by atoms with Crippen LogP contribution in [0.2, 0.25) is 10.0 Å². The van der Waals surface area contributed by atoms with Crippen molar-refractivity contribution in [3.05, 3.63) is 80.0 Å². The highest BCUT2D eigenvalue weighted by molar-refractivity contribution is 6.37. The SMILES string of the molecule is COC(=O)C1=C(C)NC2=C(C(=O)c3ccccc32)[C@@H]1c1cc(Cl)c(O)c(Cl)c1. The molecule has 0 fully saturated rings. The van der Waals surface area contributed by atoms with Crippen LogP contribution in [0.15, 0.2) is 53.2 Å². The number of nitrogens with one attached hydrogen (secondary N) is 1. The van der Waals surface area contributed by atoms with Crippen LogP contribution in [0.5, 0.6) is 5.75 Å². The number of allylic oxidation sites excluding steroid dienone is 2. The number of phenolic OH excluding ortho intramolecular Hbond substituents is 1. The number of rotatable bonds is 2. The van der Waals surface area contributed by atoms with E-state index in [0.29, 0.717) is 33.7 Å². The van der Waals surface area contributed by atoms with E-state index in [9.17, 15) is 14.7 Å². The molecule has 4 rings (SSSR count). The number of dihydropyridines is 1. The van der Waals surface area contributed by atoms with Crippen molar-refractivity contribution >= 4 is 40.7 Å². The first kappa shape index (κ1) is 18.6. The van der Waals surface area contributed by atoms with Crippen molar-refractivity contribution in [1.29, 1.82) is 0 Å². The number of esters is 1. The minimum atomic E-state index is -0.737. The molecule has 0 amide bonds. The number of benzene rings is 2. The van der Waals surface area contributed by atoms with Crippen molar-refractivity contribution < 1.29 is 19.4 Å². The van der Waals surface area contributed by atoms with Crippen LogP contribution in [0, 0.1) is 0 Å². The molecule has 0 spiro atoms. The Morgan fingerprint density at radius 2 is 1.75 bits per heavy atom. The van der Waals surface area contributed by atoms with Crippen LogP contribution >= 0.6 is 23.2 Å². The Labute approximate surface area is 171 Å². The number of methoxy groups -OCH3 is 1. The molecule has 0 saturated heterocycles. The van der Waals surface area contributed by atoms with Gasteiger partial charge in [0.15, 0.2) is 11.5 Å². The van der Waals surface area contributed by atoms with Gasteiger partial charge in [-0.05, 0) is 24.6 Å². The molecule has 1 heterocycles. The first-order valence-electron chi connectivity index (χ1n) is 8.47. The molecule has 2 N–H and O–H groups in total. The normalized spacial score (nSPS) is 18.0. The van der Waals surface area contributed by atoms with Gasteiger partial charge in [-0.2, -0.15) is 0 Å². The number of aromatic hydroxyl groups is 1. The number of halogens is 2. The van der Waals surface area contributed by atoms with E-state index in [1.807, 2.05) is 12.1 Å². The predicted molar refractivity (Wildman–Crippen MR) is 106 cm³/mol. The van der Waals surface area contributed by atoms with E-state index in [4.69, 9.17) is 27.9 Å². The van der Waals surface area contributed by atoms with Gasteiger partial charge in [0.1, 0.15) is 0 Å². The maximum Gasteiger partial charge on any atom is 0.336 e. The number of hydrogen-bond acceptors (Lipinski definition) is 5. The fourth-order valence-electron chi connectivity index (χ4n) is 3.79. The molecule has 1 atom stereocenters. The molecule has 0 bridgehead atoms. The van der Waals surface area contributed by atoms with Crippen LogP contribution < -0.4 is 5.32 Å². The zero-order chi connectivity index (χ0) is 20.2. The van der Waals surface area contributed by atoms with Gasteiger partial charge in [-0.25, -0.2) is 4.79 Å². The summed E-state index contributed by atoms with van der Waals surface area (Å²) in [6.07, 6.45) is 0. The Hall–Kier alpha value is -2.76. The lowest BCUT2D eigenvalue weighted by molar-refractivity contribution is -0.136. The van der Waals surface area contributed by atoms with E-state index in [-0.39, 0.29) is 21.6 Å². The van der Waals surface area contributed by atoms with Gasteiger partial charge < -0.3 is 15.2 Å². The maximum absolute atomic E-state index is 13.2. The number of ether oxygens (including phenoxy) is 1. The first-order valence-corrected chi connectivity index (χ1v) is 9.23. The summed E-state index contributed by atoms with van der Waals surface area (Å²) in [5.74, 6) is -1.74. The van der Waals surface area contributed by atoms with Crippen molar-refractivity contribution in [3.8, 4) is 5.75 Å². The number of hydrogen-bond donors (Lipinski definition) is 2. The van der Waals surface area contributed by atoms with Gasteiger partial charge in [-0.3, -0.25) is 4.79 Å². The fraction of sp³-hybridized carbons (Fsp3) is 0.143. The van der Waals surface area contributed by atoms with Crippen molar-refractivity contribution in [2.45, 2.75) is 12.8 Å². The number of carbonyl (C=O) groups is 2. The fourth-order valence-corrected chi connectivity index (χ4v) is 4.30. The van der Waals surface area contributed by atoms with Crippen LogP contribution in [0.25, 0.3) is 5.70 Å².